The summed E-state index contributed by atoms with van der Waals surface area (Å²) in [6, 6.07) is 12.5. The number of nitrogens with zero attached hydrogens (tertiary/aromatic N) is 4. The molecule has 0 amide bonds. The molecule has 0 saturated carbocycles. The smallest absolute Gasteiger partial charge is 0.182 e. The third-order valence-electron chi connectivity index (χ3n) is 5.96. The molecule has 6 nitrogen and oxygen atoms in total. The monoisotopic (exact) mass is 516 g/mol. The Morgan fingerprint density at radius 1 is 1.03 bits per heavy atom. The molecule has 0 bridgehead atoms. The Hall–Kier alpha value is -3.16. The van der Waals surface area contributed by atoms with E-state index in [9.17, 15) is 0 Å². The molecular formula is C28H32N6S2. The van der Waals surface area contributed by atoms with Crippen molar-refractivity contribution in [3.63, 3.8) is 0 Å². The van der Waals surface area contributed by atoms with Crippen LogP contribution in [0.2, 0.25) is 0 Å². The summed E-state index contributed by atoms with van der Waals surface area (Å²) in [5.41, 5.74) is 5.11. The van der Waals surface area contributed by atoms with E-state index in [1.807, 2.05) is 56.6 Å². The van der Waals surface area contributed by atoms with Gasteiger partial charge in [-0.1, -0.05) is 30.0 Å². The van der Waals surface area contributed by atoms with Gasteiger partial charge in [0.15, 0.2) is 5.13 Å². The molecule has 3 aromatic heterocycles. The molecule has 0 aliphatic carbocycles. The maximum atomic E-state index is 4.42. The van der Waals surface area contributed by atoms with Crippen LogP contribution in [0.3, 0.4) is 0 Å². The minimum Gasteiger partial charge on any atom is -0.373 e. The zero-order valence-electron chi connectivity index (χ0n) is 21.0. The highest BCUT2D eigenvalue weighted by Gasteiger charge is 2.18. The number of rotatable bonds is 6. The van der Waals surface area contributed by atoms with Crippen LogP contribution in [-0.2, 0) is 0 Å². The van der Waals surface area contributed by atoms with Gasteiger partial charge in [-0.25, -0.2) is 15.0 Å². The van der Waals surface area contributed by atoms with Gasteiger partial charge in [0.2, 0.25) is 0 Å². The predicted octanol–water partition coefficient (Wildman–Crippen LogP) is 6.51. The lowest BCUT2D eigenvalue weighted by Gasteiger charge is -2.28. The molecule has 1 aliphatic rings. The molecule has 0 spiro atoms. The second-order valence-corrected chi connectivity index (χ2v) is 10.9. The minimum absolute atomic E-state index is 0.710. The van der Waals surface area contributed by atoms with Crippen molar-refractivity contribution < 1.29 is 0 Å². The number of aromatic nitrogens is 3. The summed E-state index contributed by atoms with van der Waals surface area (Å²) in [5.74, 6) is 0.880. The highest BCUT2D eigenvalue weighted by atomic mass is 32.2. The SMILES string of the molecule is C=C=Cc1ccnc(SC2CCN(C)CC2)c1.CNc1cc2cc(-c3cnc(NC)s3)ccc2cn1. The normalized spacial score (nSPS) is 14.0. The van der Waals surface area contributed by atoms with Crippen molar-refractivity contribution in [2.75, 3.05) is 44.9 Å². The first kappa shape index (κ1) is 25.9. The molecule has 186 valence electrons. The van der Waals surface area contributed by atoms with E-state index < -0.39 is 0 Å². The van der Waals surface area contributed by atoms with Gasteiger partial charge in [0.1, 0.15) is 5.82 Å². The number of nitrogens with one attached hydrogen (secondary N) is 2. The Morgan fingerprint density at radius 3 is 2.58 bits per heavy atom. The fourth-order valence-corrected chi connectivity index (χ4v) is 5.80. The van der Waals surface area contributed by atoms with Crippen LogP contribution in [0.25, 0.3) is 27.3 Å². The molecule has 1 saturated heterocycles. The van der Waals surface area contributed by atoms with Crippen molar-refractivity contribution in [3.8, 4) is 10.4 Å². The van der Waals surface area contributed by atoms with Crippen LogP contribution < -0.4 is 10.6 Å². The quantitative estimate of drug-likeness (QED) is 0.283. The lowest BCUT2D eigenvalue weighted by molar-refractivity contribution is 0.282. The summed E-state index contributed by atoms with van der Waals surface area (Å²) in [6.07, 6.45) is 10.0. The van der Waals surface area contributed by atoms with Crippen LogP contribution in [0.4, 0.5) is 10.9 Å². The number of likely N-dealkylation sites (tertiary alicyclic amines) is 1. The van der Waals surface area contributed by atoms with E-state index in [2.05, 4.69) is 80.2 Å². The molecule has 5 rings (SSSR count). The molecular weight excluding hydrogens is 484 g/mol. The zero-order chi connectivity index (χ0) is 25.3. The maximum absolute atomic E-state index is 4.42. The van der Waals surface area contributed by atoms with Crippen LogP contribution in [0.15, 0.2) is 72.3 Å². The van der Waals surface area contributed by atoms with Crippen LogP contribution in [0.1, 0.15) is 18.4 Å². The molecule has 36 heavy (non-hydrogen) atoms. The van der Waals surface area contributed by atoms with Gasteiger partial charge in [-0.05, 0) is 79.8 Å². The number of thioether (sulfide) groups is 1. The van der Waals surface area contributed by atoms with Crippen molar-refractivity contribution in [2.45, 2.75) is 23.1 Å². The Bertz CT molecular complexity index is 1340. The van der Waals surface area contributed by atoms with Crippen LogP contribution in [0.5, 0.6) is 0 Å². The lowest BCUT2D eigenvalue weighted by Crippen LogP contribution is -2.31. The summed E-state index contributed by atoms with van der Waals surface area (Å²) >= 11 is 3.55. The average Bonchev–Trinajstić information content (AvgIpc) is 3.40. The lowest BCUT2D eigenvalue weighted by atomic mass is 10.1. The first-order chi connectivity index (χ1) is 17.6. The van der Waals surface area contributed by atoms with E-state index in [-0.39, 0.29) is 0 Å². The topological polar surface area (TPSA) is 66.0 Å². The number of hydrogen-bond donors (Lipinski definition) is 2. The van der Waals surface area contributed by atoms with E-state index in [1.54, 1.807) is 11.3 Å². The Labute approximate surface area is 221 Å². The van der Waals surface area contributed by atoms with Gasteiger partial charge in [-0.3, -0.25) is 0 Å². The number of anilines is 2. The molecule has 1 aliphatic heterocycles. The van der Waals surface area contributed by atoms with E-state index in [0.717, 1.165) is 31.8 Å². The van der Waals surface area contributed by atoms with Crippen molar-refractivity contribution in [2.24, 2.45) is 0 Å². The van der Waals surface area contributed by atoms with Gasteiger partial charge in [0.05, 0.1) is 9.90 Å². The highest BCUT2D eigenvalue weighted by molar-refractivity contribution is 7.99. The van der Waals surface area contributed by atoms with Gasteiger partial charge in [0, 0.05) is 43.3 Å². The number of benzene rings is 1. The van der Waals surface area contributed by atoms with Crippen LogP contribution >= 0.6 is 23.1 Å². The maximum Gasteiger partial charge on any atom is 0.182 e. The summed E-state index contributed by atoms with van der Waals surface area (Å²) in [7, 11) is 5.95. The van der Waals surface area contributed by atoms with Gasteiger partial charge in [-0.2, -0.15) is 0 Å². The van der Waals surface area contributed by atoms with Gasteiger partial charge in [-0.15, -0.1) is 17.5 Å². The van der Waals surface area contributed by atoms with Crippen molar-refractivity contribution in [1.29, 1.82) is 0 Å². The van der Waals surface area contributed by atoms with Crippen LogP contribution in [0, 0.1) is 0 Å². The highest BCUT2D eigenvalue weighted by Crippen LogP contribution is 2.31. The summed E-state index contributed by atoms with van der Waals surface area (Å²) in [4.78, 5) is 16.6. The standard InChI is InChI=1S/C14H14N4S.C14H18N2S/c1-15-13-6-11-5-9(3-4-10(11)7-17-13)12-8-18-14(16-2)19-12;1-3-4-12-5-8-15-14(11-12)17-13-6-9-16(2)10-7-13/h3-8H,1-2H3,(H,15,17)(H,16,18);4-5,8,11,13H,1,6-7,9-10H2,2H3. The molecule has 1 fully saturated rings. The Balaban J connectivity index is 0.000000170. The molecule has 2 N–H and O–H groups in total. The first-order valence-corrected chi connectivity index (χ1v) is 13.7. The number of pyridine rings is 2. The van der Waals surface area contributed by atoms with Crippen molar-refractivity contribution in [1.82, 2.24) is 19.9 Å². The number of hydrogen-bond acceptors (Lipinski definition) is 8. The molecule has 0 unspecified atom stereocenters. The summed E-state index contributed by atoms with van der Waals surface area (Å²) in [6.45, 7) is 5.99. The molecule has 4 heterocycles. The summed E-state index contributed by atoms with van der Waals surface area (Å²) < 4.78 is 0. The third-order valence-corrected chi connectivity index (χ3v) is 8.30. The third kappa shape index (κ3) is 6.95. The van der Waals surface area contributed by atoms with E-state index in [1.165, 1.54) is 36.9 Å². The van der Waals surface area contributed by atoms with Crippen LogP contribution in [-0.4, -0.2) is 59.3 Å². The minimum atomic E-state index is 0.710. The van der Waals surface area contributed by atoms with Gasteiger partial charge < -0.3 is 15.5 Å². The van der Waals surface area contributed by atoms with E-state index >= 15 is 0 Å². The number of thiazole rings is 1. The second kappa shape index (κ2) is 12.7. The second-order valence-electron chi connectivity index (χ2n) is 8.56. The average molecular weight is 517 g/mol. The number of fused-ring (bicyclic) bond motifs is 1. The van der Waals surface area contributed by atoms with Crippen molar-refractivity contribution in [3.05, 3.63) is 72.9 Å². The first-order valence-electron chi connectivity index (χ1n) is 12.0. The predicted molar refractivity (Wildman–Crippen MR) is 156 cm³/mol. The Kier molecular flexibility index (Phi) is 9.14. The molecule has 0 radical (unpaired) electrons. The largest absolute Gasteiger partial charge is 0.373 e. The zero-order valence-corrected chi connectivity index (χ0v) is 22.6. The number of piperidine rings is 1. The van der Waals surface area contributed by atoms with Gasteiger partial charge >= 0.3 is 0 Å². The van der Waals surface area contributed by atoms with Gasteiger partial charge in [0.25, 0.3) is 0 Å². The fraction of sp³-hybridized carbons (Fsp3) is 0.286. The van der Waals surface area contributed by atoms with Crippen molar-refractivity contribution >= 4 is 50.9 Å². The molecule has 8 heteroatoms. The summed E-state index contributed by atoms with van der Waals surface area (Å²) in [5, 5.41) is 11.2. The molecule has 1 aromatic carbocycles. The molecule has 0 atom stereocenters. The Morgan fingerprint density at radius 2 is 1.86 bits per heavy atom. The van der Waals surface area contributed by atoms with E-state index in [0.29, 0.717) is 5.25 Å². The van der Waals surface area contributed by atoms with E-state index in [4.69, 9.17) is 0 Å². The molecule has 4 aromatic rings. The fourth-order valence-electron chi connectivity index (χ4n) is 3.92.